The van der Waals surface area contributed by atoms with Gasteiger partial charge in [0, 0.05) is 7.05 Å². The summed E-state index contributed by atoms with van der Waals surface area (Å²) in [6.07, 6.45) is 2.48. The van der Waals surface area contributed by atoms with E-state index in [2.05, 4.69) is 16.2 Å². The summed E-state index contributed by atoms with van der Waals surface area (Å²) < 4.78 is 7.41. The molecule has 0 spiro atoms. The first-order valence-electron chi connectivity index (χ1n) is 8.88. The van der Waals surface area contributed by atoms with E-state index in [1.807, 2.05) is 31.2 Å². The number of amides is 1. The van der Waals surface area contributed by atoms with Crippen LogP contribution in [0.25, 0.3) is 5.69 Å². The molecule has 0 aliphatic carbocycles. The van der Waals surface area contributed by atoms with Crippen LogP contribution in [-0.4, -0.2) is 38.7 Å². The van der Waals surface area contributed by atoms with E-state index in [1.165, 1.54) is 6.33 Å². The van der Waals surface area contributed by atoms with Gasteiger partial charge in [0.2, 0.25) is 0 Å². The van der Waals surface area contributed by atoms with Crippen molar-refractivity contribution in [1.82, 2.24) is 19.7 Å². The van der Waals surface area contributed by atoms with Gasteiger partial charge in [-0.25, -0.2) is 9.67 Å². The molecule has 0 unspecified atom stereocenters. The average Bonchev–Trinajstić information content (AvgIpc) is 3.27. The van der Waals surface area contributed by atoms with Crippen LogP contribution in [0.1, 0.15) is 31.0 Å². The number of likely N-dealkylation sites (N-methyl/N-ethyl adjacent to an activating group) is 1. The Morgan fingerprint density at radius 1 is 1.14 bits per heavy atom. The molecule has 0 N–H and O–H groups in total. The maximum absolute atomic E-state index is 12.8. The SMILES string of the molecule is C[C@H](c1ccc(-n2cncn2)cc1)N(C)C(=O)[C@@H](C)Oc1ccc(C#N)cc1. The van der Waals surface area contributed by atoms with Crippen molar-refractivity contribution in [3.05, 3.63) is 72.3 Å². The molecule has 0 aliphatic heterocycles. The molecule has 3 aromatic rings. The summed E-state index contributed by atoms with van der Waals surface area (Å²) in [7, 11) is 1.76. The minimum absolute atomic E-state index is 0.121. The topological polar surface area (TPSA) is 84.0 Å². The number of hydrogen-bond donors (Lipinski definition) is 0. The molecule has 0 aliphatic rings. The highest BCUT2D eigenvalue weighted by Crippen LogP contribution is 2.22. The predicted octanol–water partition coefficient (Wildman–Crippen LogP) is 3.13. The number of hydrogen-bond acceptors (Lipinski definition) is 5. The Morgan fingerprint density at radius 3 is 2.39 bits per heavy atom. The highest BCUT2D eigenvalue weighted by atomic mass is 16.5. The summed E-state index contributed by atoms with van der Waals surface area (Å²) in [4.78, 5) is 18.4. The number of nitriles is 1. The Balaban J connectivity index is 1.65. The summed E-state index contributed by atoms with van der Waals surface area (Å²) in [5.74, 6) is 0.426. The Bertz CT molecular complexity index is 960. The van der Waals surface area contributed by atoms with E-state index in [1.54, 1.807) is 54.1 Å². The molecule has 0 bridgehead atoms. The smallest absolute Gasteiger partial charge is 0.263 e. The molecule has 1 amide bonds. The quantitative estimate of drug-likeness (QED) is 0.661. The van der Waals surface area contributed by atoms with Gasteiger partial charge in [0.25, 0.3) is 5.91 Å². The highest BCUT2D eigenvalue weighted by molar-refractivity contribution is 5.81. The van der Waals surface area contributed by atoms with Gasteiger partial charge in [0.05, 0.1) is 23.4 Å². The third-order valence-electron chi connectivity index (χ3n) is 4.63. The van der Waals surface area contributed by atoms with Crippen molar-refractivity contribution in [3.8, 4) is 17.5 Å². The predicted molar refractivity (Wildman–Crippen MR) is 104 cm³/mol. The third-order valence-corrected chi connectivity index (χ3v) is 4.63. The minimum atomic E-state index is -0.644. The van der Waals surface area contributed by atoms with Gasteiger partial charge in [-0.15, -0.1) is 0 Å². The highest BCUT2D eigenvalue weighted by Gasteiger charge is 2.24. The van der Waals surface area contributed by atoms with Crippen LogP contribution in [0.5, 0.6) is 5.75 Å². The van der Waals surface area contributed by atoms with E-state index in [9.17, 15) is 4.79 Å². The molecule has 1 heterocycles. The van der Waals surface area contributed by atoms with E-state index < -0.39 is 6.10 Å². The zero-order valence-corrected chi connectivity index (χ0v) is 16.0. The molecule has 1 aromatic heterocycles. The Hall–Kier alpha value is -3.66. The van der Waals surface area contributed by atoms with E-state index in [4.69, 9.17) is 10.00 Å². The zero-order chi connectivity index (χ0) is 20.1. The van der Waals surface area contributed by atoms with Gasteiger partial charge in [-0.05, 0) is 55.8 Å². The minimum Gasteiger partial charge on any atom is -0.481 e. The summed E-state index contributed by atoms with van der Waals surface area (Å²) in [6.45, 7) is 3.69. The van der Waals surface area contributed by atoms with E-state index in [0.717, 1.165) is 11.3 Å². The van der Waals surface area contributed by atoms with Crippen LogP contribution < -0.4 is 4.74 Å². The number of carbonyl (C=O) groups is 1. The first-order valence-corrected chi connectivity index (χ1v) is 8.88. The van der Waals surface area contributed by atoms with Gasteiger partial charge >= 0.3 is 0 Å². The van der Waals surface area contributed by atoms with Gasteiger partial charge < -0.3 is 9.64 Å². The van der Waals surface area contributed by atoms with Crippen molar-refractivity contribution in [2.45, 2.75) is 26.0 Å². The number of rotatable bonds is 6. The summed E-state index contributed by atoms with van der Waals surface area (Å²) in [5.41, 5.74) is 2.46. The van der Waals surface area contributed by atoms with Gasteiger partial charge in [0.15, 0.2) is 6.10 Å². The van der Waals surface area contributed by atoms with E-state index >= 15 is 0 Å². The molecular weight excluding hydrogens is 354 g/mol. The van der Waals surface area contributed by atoms with Gasteiger partial charge in [-0.1, -0.05) is 12.1 Å². The van der Waals surface area contributed by atoms with Crippen LogP contribution in [-0.2, 0) is 4.79 Å². The van der Waals surface area contributed by atoms with Crippen LogP contribution in [0.3, 0.4) is 0 Å². The van der Waals surface area contributed by atoms with E-state index in [0.29, 0.717) is 11.3 Å². The summed E-state index contributed by atoms with van der Waals surface area (Å²) in [5, 5.41) is 13.0. The number of aromatic nitrogens is 3. The second kappa shape index (κ2) is 8.35. The second-order valence-electron chi connectivity index (χ2n) is 6.45. The number of benzene rings is 2. The molecule has 7 heteroatoms. The first-order chi connectivity index (χ1) is 13.5. The van der Waals surface area contributed by atoms with Crippen molar-refractivity contribution in [1.29, 1.82) is 5.26 Å². The van der Waals surface area contributed by atoms with Gasteiger partial charge in [-0.3, -0.25) is 4.79 Å². The molecule has 0 radical (unpaired) electrons. The standard InChI is InChI=1S/C21H21N5O2/c1-15(18-6-8-19(9-7-18)26-14-23-13-24-26)25(3)21(27)16(2)28-20-10-4-17(12-22)5-11-20/h4-11,13-16H,1-3H3/t15-,16-/m1/s1. The molecule has 0 saturated carbocycles. The Kier molecular flexibility index (Phi) is 5.70. The van der Waals surface area contributed by atoms with Crippen molar-refractivity contribution in [3.63, 3.8) is 0 Å². The molecule has 2 aromatic carbocycles. The zero-order valence-electron chi connectivity index (χ0n) is 16.0. The molecule has 28 heavy (non-hydrogen) atoms. The fourth-order valence-electron chi connectivity index (χ4n) is 2.81. The summed E-state index contributed by atoms with van der Waals surface area (Å²) in [6, 6.07) is 16.5. The fraction of sp³-hybridized carbons (Fsp3) is 0.238. The normalized spacial score (nSPS) is 12.6. The molecule has 3 rings (SSSR count). The largest absolute Gasteiger partial charge is 0.481 e. The van der Waals surface area contributed by atoms with Crippen molar-refractivity contribution in [2.24, 2.45) is 0 Å². The third kappa shape index (κ3) is 4.18. The van der Waals surface area contributed by atoms with Crippen LogP contribution in [0.15, 0.2) is 61.2 Å². The van der Waals surface area contributed by atoms with Crippen LogP contribution in [0, 0.1) is 11.3 Å². The molecule has 0 fully saturated rings. The Labute approximate surface area is 163 Å². The van der Waals surface area contributed by atoms with E-state index in [-0.39, 0.29) is 11.9 Å². The lowest BCUT2D eigenvalue weighted by Gasteiger charge is -2.28. The molecule has 0 saturated heterocycles. The lowest BCUT2D eigenvalue weighted by molar-refractivity contribution is -0.138. The van der Waals surface area contributed by atoms with Crippen molar-refractivity contribution < 1.29 is 9.53 Å². The lowest BCUT2D eigenvalue weighted by Crippen LogP contribution is -2.39. The molecule has 2 atom stereocenters. The van der Waals surface area contributed by atoms with Gasteiger partial charge in [-0.2, -0.15) is 10.4 Å². The van der Waals surface area contributed by atoms with Crippen molar-refractivity contribution >= 4 is 5.91 Å². The molecule has 7 nitrogen and oxygen atoms in total. The maximum atomic E-state index is 12.8. The Morgan fingerprint density at radius 2 is 1.82 bits per heavy atom. The number of carbonyl (C=O) groups excluding carboxylic acids is 1. The average molecular weight is 375 g/mol. The first kappa shape index (κ1) is 19.1. The van der Waals surface area contributed by atoms with Crippen LogP contribution in [0.4, 0.5) is 0 Å². The summed E-state index contributed by atoms with van der Waals surface area (Å²) >= 11 is 0. The van der Waals surface area contributed by atoms with Crippen LogP contribution in [0.2, 0.25) is 0 Å². The number of ether oxygens (including phenoxy) is 1. The van der Waals surface area contributed by atoms with Crippen molar-refractivity contribution in [2.75, 3.05) is 7.05 Å². The lowest BCUT2D eigenvalue weighted by atomic mass is 10.1. The monoisotopic (exact) mass is 375 g/mol. The molecule has 142 valence electrons. The van der Waals surface area contributed by atoms with Crippen LogP contribution >= 0.6 is 0 Å². The maximum Gasteiger partial charge on any atom is 0.263 e. The number of nitrogens with zero attached hydrogens (tertiary/aromatic N) is 5. The molecular formula is C21H21N5O2. The second-order valence-corrected chi connectivity index (χ2v) is 6.45. The fourth-order valence-corrected chi connectivity index (χ4v) is 2.81. The van der Waals surface area contributed by atoms with Gasteiger partial charge in [0.1, 0.15) is 18.4 Å².